The van der Waals surface area contributed by atoms with E-state index in [0.717, 1.165) is 35.9 Å². The zero-order chi connectivity index (χ0) is 22.7. The maximum atomic E-state index is 13.2. The lowest BCUT2D eigenvalue weighted by atomic mass is 10.2. The Bertz CT molecular complexity index is 1210. The summed E-state index contributed by atoms with van der Waals surface area (Å²) in [5.74, 6) is -0.473. The van der Waals surface area contributed by atoms with Crippen LogP contribution in [-0.4, -0.2) is 38.8 Å². The van der Waals surface area contributed by atoms with E-state index >= 15 is 0 Å². The Kier molecular flexibility index (Phi) is 7.27. The van der Waals surface area contributed by atoms with E-state index in [2.05, 4.69) is 10.3 Å². The van der Waals surface area contributed by atoms with E-state index in [4.69, 9.17) is 9.72 Å². The number of carbonyl (C=O) groups is 2. The number of hydrogen-bond donors (Lipinski definition) is 1. The maximum Gasteiger partial charge on any atom is 0.311 e. The van der Waals surface area contributed by atoms with Crippen LogP contribution in [0.4, 0.5) is 5.13 Å². The third-order valence-electron chi connectivity index (χ3n) is 5.00. The van der Waals surface area contributed by atoms with Gasteiger partial charge >= 0.3 is 5.97 Å². The van der Waals surface area contributed by atoms with Crippen molar-refractivity contribution >= 4 is 61.7 Å². The summed E-state index contributed by atoms with van der Waals surface area (Å²) in [6.07, 6.45) is 3.94. The van der Waals surface area contributed by atoms with E-state index in [1.807, 2.05) is 6.92 Å². The van der Waals surface area contributed by atoms with Crippen LogP contribution in [0.15, 0.2) is 15.3 Å². The molecule has 3 aromatic rings. The topological polar surface area (TPSA) is 103 Å². The Labute approximate surface area is 197 Å². The van der Waals surface area contributed by atoms with Gasteiger partial charge in [0.05, 0.1) is 29.9 Å². The molecule has 0 aromatic carbocycles. The average Bonchev–Trinajstić information content (AvgIpc) is 3.45. The maximum absolute atomic E-state index is 13.2. The molecule has 0 saturated carbocycles. The summed E-state index contributed by atoms with van der Waals surface area (Å²) in [4.78, 5) is 48.3. The highest BCUT2D eigenvalue weighted by atomic mass is 32.2. The molecule has 8 nitrogen and oxygen atoms in total. The number of thiazole rings is 1. The number of thiophene rings is 1. The number of ether oxygens (including phenoxy) is 1. The number of nitrogens with one attached hydrogen (secondary N) is 1. The fourth-order valence-electron chi connectivity index (χ4n) is 3.68. The second kappa shape index (κ2) is 10.1. The Morgan fingerprint density at radius 2 is 2.12 bits per heavy atom. The summed E-state index contributed by atoms with van der Waals surface area (Å²) in [6.45, 7) is 4.66. The number of aryl methyl sites for hydroxylation is 2. The normalized spacial score (nSPS) is 12.8. The fourth-order valence-corrected chi connectivity index (χ4v) is 6.53. The van der Waals surface area contributed by atoms with E-state index in [1.165, 1.54) is 33.5 Å². The van der Waals surface area contributed by atoms with Crippen molar-refractivity contribution in [2.24, 2.45) is 0 Å². The van der Waals surface area contributed by atoms with Gasteiger partial charge in [-0.05, 0) is 38.2 Å². The number of rotatable bonds is 9. The number of anilines is 1. The molecule has 32 heavy (non-hydrogen) atoms. The first-order chi connectivity index (χ1) is 15.5. The van der Waals surface area contributed by atoms with E-state index in [0.29, 0.717) is 29.1 Å². The average molecular weight is 493 g/mol. The molecule has 11 heteroatoms. The van der Waals surface area contributed by atoms with E-state index in [9.17, 15) is 14.4 Å². The van der Waals surface area contributed by atoms with Crippen LogP contribution in [0.5, 0.6) is 0 Å². The van der Waals surface area contributed by atoms with Crippen LogP contribution in [0.1, 0.15) is 42.8 Å². The quantitative estimate of drug-likeness (QED) is 0.276. The SMILES string of the molecule is CCCn1c(SCC(=O)Nc2nc(CC(=O)OCC)cs2)nc2sc3c(c2c1=O)CCC3. The van der Waals surface area contributed by atoms with Crippen LogP contribution >= 0.6 is 34.4 Å². The molecule has 1 aliphatic carbocycles. The lowest BCUT2D eigenvalue weighted by molar-refractivity contribution is -0.142. The van der Waals surface area contributed by atoms with Crippen molar-refractivity contribution in [3.63, 3.8) is 0 Å². The number of nitrogens with zero attached hydrogens (tertiary/aromatic N) is 3. The first-order valence-corrected chi connectivity index (χ1v) is 13.3. The Balaban J connectivity index is 1.45. The molecule has 170 valence electrons. The molecule has 0 radical (unpaired) electrons. The van der Waals surface area contributed by atoms with Crippen LogP contribution in [0, 0.1) is 0 Å². The van der Waals surface area contributed by atoms with Crippen molar-refractivity contribution < 1.29 is 14.3 Å². The second-order valence-electron chi connectivity index (χ2n) is 7.35. The monoisotopic (exact) mass is 492 g/mol. The smallest absolute Gasteiger partial charge is 0.311 e. The van der Waals surface area contributed by atoms with Crippen LogP contribution in [-0.2, 0) is 40.1 Å². The minimum Gasteiger partial charge on any atom is -0.466 e. The molecule has 0 spiro atoms. The Hall–Kier alpha value is -2.24. The van der Waals surface area contributed by atoms with Crippen LogP contribution < -0.4 is 10.9 Å². The summed E-state index contributed by atoms with van der Waals surface area (Å²) in [7, 11) is 0. The van der Waals surface area contributed by atoms with Gasteiger partial charge < -0.3 is 10.1 Å². The van der Waals surface area contributed by atoms with Gasteiger partial charge in [-0.25, -0.2) is 9.97 Å². The zero-order valence-corrected chi connectivity index (χ0v) is 20.4. The van der Waals surface area contributed by atoms with E-state index < -0.39 is 0 Å². The summed E-state index contributed by atoms with van der Waals surface area (Å²) < 4.78 is 6.62. The highest BCUT2D eigenvalue weighted by molar-refractivity contribution is 7.99. The van der Waals surface area contributed by atoms with E-state index in [-0.39, 0.29) is 29.6 Å². The van der Waals surface area contributed by atoms with Gasteiger partial charge in [0.25, 0.3) is 5.56 Å². The van der Waals surface area contributed by atoms with Gasteiger partial charge in [0.2, 0.25) is 5.91 Å². The first kappa shape index (κ1) is 22.9. The molecule has 0 bridgehead atoms. The van der Waals surface area contributed by atoms with Crippen molar-refractivity contribution in [3.05, 3.63) is 31.9 Å². The van der Waals surface area contributed by atoms with Crippen LogP contribution in [0.25, 0.3) is 10.2 Å². The van der Waals surface area contributed by atoms with Gasteiger partial charge in [0.1, 0.15) is 4.83 Å². The zero-order valence-electron chi connectivity index (χ0n) is 17.9. The summed E-state index contributed by atoms with van der Waals surface area (Å²) >= 11 is 4.12. The van der Waals surface area contributed by atoms with Crippen molar-refractivity contribution in [2.45, 2.75) is 57.7 Å². The van der Waals surface area contributed by atoms with Gasteiger partial charge in [-0.15, -0.1) is 22.7 Å². The molecule has 0 unspecified atom stereocenters. The molecule has 0 saturated heterocycles. The molecule has 3 heterocycles. The Morgan fingerprint density at radius 1 is 1.28 bits per heavy atom. The van der Waals surface area contributed by atoms with Gasteiger partial charge in [-0.1, -0.05) is 18.7 Å². The molecule has 4 rings (SSSR count). The van der Waals surface area contributed by atoms with Gasteiger partial charge in [0, 0.05) is 16.8 Å². The molecular formula is C21H24N4O4S3. The number of aromatic nitrogens is 3. The number of hydrogen-bond acceptors (Lipinski definition) is 9. The van der Waals surface area contributed by atoms with Crippen molar-refractivity contribution in [3.8, 4) is 0 Å². The molecule has 1 amide bonds. The Morgan fingerprint density at radius 3 is 2.91 bits per heavy atom. The van der Waals surface area contributed by atoms with Gasteiger partial charge in [0.15, 0.2) is 10.3 Å². The molecule has 1 aliphatic rings. The minimum atomic E-state index is -0.346. The van der Waals surface area contributed by atoms with Gasteiger partial charge in [-0.3, -0.25) is 19.0 Å². The lowest BCUT2D eigenvalue weighted by Gasteiger charge is -2.11. The lowest BCUT2D eigenvalue weighted by Crippen LogP contribution is -2.24. The first-order valence-electron chi connectivity index (χ1n) is 10.6. The minimum absolute atomic E-state index is 0.00249. The molecule has 1 N–H and O–H groups in total. The second-order valence-corrected chi connectivity index (χ2v) is 10.2. The van der Waals surface area contributed by atoms with Crippen molar-refractivity contribution in [1.29, 1.82) is 0 Å². The summed E-state index contributed by atoms with van der Waals surface area (Å²) in [5.41, 5.74) is 1.73. The van der Waals surface area contributed by atoms with Crippen LogP contribution in [0.3, 0.4) is 0 Å². The highest BCUT2D eigenvalue weighted by Gasteiger charge is 2.23. The fraction of sp³-hybridized carbons (Fsp3) is 0.476. The van der Waals surface area contributed by atoms with Crippen molar-refractivity contribution in [2.75, 3.05) is 17.7 Å². The molecule has 0 atom stereocenters. The molecule has 0 fully saturated rings. The largest absolute Gasteiger partial charge is 0.466 e. The highest BCUT2D eigenvalue weighted by Crippen LogP contribution is 2.35. The number of thioether (sulfide) groups is 1. The summed E-state index contributed by atoms with van der Waals surface area (Å²) in [5, 5.41) is 6.25. The number of amides is 1. The van der Waals surface area contributed by atoms with Crippen LogP contribution in [0.2, 0.25) is 0 Å². The number of carbonyl (C=O) groups excluding carboxylic acids is 2. The predicted molar refractivity (Wildman–Crippen MR) is 128 cm³/mol. The molecule has 0 aliphatic heterocycles. The molecule has 3 aromatic heterocycles. The standard InChI is InChI=1S/C21H24N4O4S3/c1-3-8-25-19(28)17-13-6-5-7-14(13)32-18(17)24-21(25)31-11-15(26)23-20-22-12(10-30-20)9-16(27)29-4-2/h10H,3-9,11H2,1-2H3,(H,22,23,26). The third-order valence-corrected chi connectivity index (χ3v) is 7.97. The van der Waals surface area contributed by atoms with E-state index in [1.54, 1.807) is 28.2 Å². The summed E-state index contributed by atoms with van der Waals surface area (Å²) in [6, 6.07) is 0. The molecular weight excluding hydrogens is 468 g/mol. The third kappa shape index (κ3) is 4.89. The van der Waals surface area contributed by atoms with Gasteiger partial charge in [-0.2, -0.15) is 0 Å². The van der Waals surface area contributed by atoms with Crippen molar-refractivity contribution in [1.82, 2.24) is 14.5 Å². The number of fused-ring (bicyclic) bond motifs is 3. The predicted octanol–water partition coefficient (Wildman–Crippen LogP) is 3.65. The number of esters is 1.